The van der Waals surface area contributed by atoms with Gasteiger partial charge in [0, 0.05) is 19.5 Å². The van der Waals surface area contributed by atoms with Crippen molar-refractivity contribution in [3.05, 3.63) is 0 Å². The molecule has 0 saturated carbocycles. The number of methoxy groups -OCH3 is 1. The summed E-state index contributed by atoms with van der Waals surface area (Å²) < 4.78 is 4.66. The van der Waals surface area contributed by atoms with Gasteiger partial charge < -0.3 is 9.64 Å². The first-order valence-electron chi connectivity index (χ1n) is 5.93. The summed E-state index contributed by atoms with van der Waals surface area (Å²) in [4.78, 5) is 23.7. The molecule has 6 heteroatoms. The highest BCUT2D eigenvalue weighted by Crippen LogP contribution is 2.22. The Kier molecular flexibility index (Phi) is 5.76. The Labute approximate surface area is 101 Å². The number of amides is 2. The smallest absolute Gasteiger partial charge is 0.409 e. The quantitative estimate of drug-likeness (QED) is 0.574. The van der Waals surface area contributed by atoms with Crippen molar-refractivity contribution in [3.63, 3.8) is 0 Å². The van der Waals surface area contributed by atoms with Crippen LogP contribution in [0.15, 0.2) is 0 Å². The van der Waals surface area contributed by atoms with Crippen LogP contribution in [0.25, 0.3) is 0 Å². The molecule has 0 spiro atoms. The van der Waals surface area contributed by atoms with Crippen LogP contribution in [0.5, 0.6) is 0 Å². The van der Waals surface area contributed by atoms with Crippen LogP contribution < -0.4 is 5.48 Å². The van der Waals surface area contributed by atoms with Crippen LogP contribution in [0.4, 0.5) is 4.79 Å². The highest BCUT2D eigenvalue weighted by molar-refractivity contribution is 5.74. The van der Waals surface area contributed by atoms with Crippen LogP contribution in [-0.2, 0) is 9.53 Å². The number of piperidine rings is 1. The lowest BCUT2D eigenvalue weighted by atomic mass is 9.92. The molecule has 2 amide bonds. The van der Waals surface area contributed by atoms with Gasteiger partial charge in [-0.05, 0) is 31.6 Å². The topological polar surface area (TPSA) is 78.9 Å². The van der Waals surface area contributed by atoms with Gasteiger partial charge in [0.2, 0.25) is 5.91 Å². The maximum Gasteiger partial charge on any atom is 0.409 e. The van der Waals surface area contributed by atoms with Crippen LogP contribution in [0.2, 0.25) is 0 Å². The first-order chi connectivity index (χ1) is 8.17. The van der Waals surface area contributed by atoms with Crippen molar-refractivity contribution in [1.82, 2.24) is 10.4 Å². The maximum atomic E-state index is 11.2. The summed E-state index contributed by atoms with van der Waals surface area (Å²) in [6.45, 7) is 1.45. The average Bonchev–Trinajstić information content (AvgIpc) is 2.38. The van der Waals surface area contributed by atoms with Gasteiger partial charge in [0.25, 0.3) is 0 Å². The molecule has 0 aromatic heterocycles. The Hall–Kier alpha value is -1.30. The monoisotopic (exact) mass is 244 g/mol. The van der Waals surface area contributed by atoms with E-state index < -0.39 is 0 Å². The van der Waals surface area contributed by atoms with E-state index in [0.717, 1.165) is 38.8 Å². The zero-order valence-electron chi connectivity index (χ0n) is 10.1. The van der Waals surface area contributed by atoms with Gasteiger partial charge in [0.15, 0.2) is 0 Å². The lowest BCUT2D eigenvalue weighted by Crippen LogP contribution is -2.38. The van der Waals surface area contributed by atoms with Crippen LogP contribution in [-0.4, -0.2) is 42.3 Å². The third-order valence-electron chi connectivity index (χ3n) is 3.19. The summed E-state index contributed by atoms with van der Waals surface area (Å²) in [5.74, 6) is 0.222. The highest BCUT2D eigenvalue weighted by Gasteiger charge is 2.22. The molecule has 0 radical (unpaired) electrons. The summed E-state index contributed by atoms with van der Waals surface area (Å²) in [5, 5.41) is 8.34. The molecule has 0 atom stereocenters. The van der Waals surface area contributed by atoms with E-state index >= 15 is 0 Å². The van der Waals surface area contributed by atoms with E-state index in [4.69, 9.17) is 5.21 Å². The van der Waals surface area contributed by atoms with E-state index in [1.54, 1.807) is 10.4 Å². The predicted molar refractivity (Wildman–Crippen MR) is 60.5 cm³/mol. The van der Waals surface area contributed by atoms with Gasteiger partial charge in [-0.1, -0.05) is 0 Å². The van der Waals surface area contributed by atoms with Crippen molar-refractivity contribution >= 4 is 12.0 Å². The number of hydrogen-bond donors (Lipinski definition) is 2. The number of hydroxylamine groups is 1. The van der Waals surface area contributed by atoms with E-state index in [1.807, 2.05) is 0 Å². The van der Waals surface area contributed by atoms with Gasteiger partial charge in [-0.3, -0.25) is 10.0 Å². The maximum absolute atomic E-state index is 11.2. The van der Waals surface area contributed by atoms with E-state index in [-0.39, 0.29) is 12.0 Å². The average molecular weight is 244 g/mol. The van der Waals surface area contributed by atoms with Gasteiger partial charge >= 0.3 is 6.09 Å². The highest BCUT2D eigenvalue weighted by atomic mass is 16.5. The fraction of sp³-hybridized carbons (Fsp3) is 0.818. The lowest BCUT2D eigenvalue weighted by molar-refractivity contribution is -0.129. The van der Waals surface area contributed by atoms with Crippen LogP contribution in [0.3, 0.4) is 0 Å². The number of rotatable bonds is 4. The summed E-state index contributed by atoms with van der Waals surface area (Å²) in [7, 11) is 1.39. The number of carbonyl (C=O) groups excluding carboxylic acids is 2. The molecule has 0 bridgehead atoms. The summed E-state index contributed by atoms with van der Waals surface area (Å²) >= 11 is 0. The van der Waals surface area contributed by atoms with Gasteiger partial charge in [-0.25, -0.2) is 10.3 Å². The normalized spacial score (nSPS) is 16.7. The van der Waals surface area contributed by atoms with Crippen molar-refractivity contribution in [2.45, 2.75) is 32.1 Å². The second-order valence-corrected chi connectivity index (χ2v) is 4.33. The minimum Gasteiger partial charge on any atom is -0.453 e. The number of hydrogen-bond acceptors (Lipinski definition) is 4. The molecule has 1 fully saturated rings. The Balaban J connectivity index is 2.15. The standard InChI is InChI=1S/C11H20N2O4/c1-17-11(15)13-7-5-9(6-8-13)3-2-4-10(14)12-16/h9,16H,2-8H2,1H3,(H,12,14). The second kappa shape index (κ2) is 7.11. The number of nitrogens with zero attached hydrogens (tertiary/aromatic N) is 1. The lowest BCUT2D eigenvalue weighted by Gasteiger charge is -2.30. The fourth-order valence-electron chi connectivity index (χ4n) is 2.14. The Morgan fingerprint density at radius 3 is 2.59 bits per heavy atom. The first-order valence-corrected chi connectivity index (χ1v) is 5.93. The van der Waals surface area contributed by atoms with Crippen molar-refractivity contribution in [2.75, 3.05) is 20.2 Å². The van der Waals surface area contributed by atoms with Crippen molar-refractivity contribution in [2.24, 2.45) is 5.92 Å². The van der Waals surface area contributed by atoms with Crippen LogP contribution in [0, 0.1) is 5.92 Å². The summed E-state index contributed by atoms with van der Waals surface area (Å²) in [6, 6.07) is 0. The van der Waals surface area contributed by atoms with Gasteiger partial charge in [0.05, 0.1) is 7.11 Å². The zero-order valence-corrected chi connectivity index (χ0v) is 10.1. The van der Waals surface area contributed by atoms with Crippen molar-refractivity contribution < 1.29 is 19.5 Å². The van der Waals surface area contributed by atoms with Gasteiger partial charge in [-0.15, -0.1) is 0 Å². The minimum absolute atomic E-state index is 0.261. The summed E-state index contributed by atoms with van der Waals surface area (Å²) in [5.41, 5.74) is 1.62. The molecule has 0 unspecified atom stereocenters. The Bertz CT molecular complexity index is 259. The predicted octanol–water partition coefficient (Wildman–Crippen LogP) is 1.14. The van der Waals surface area contributed by atoms with E-state index in [0.29, 0.717) is 12.3 Å². The van der Waals surface area contributed by atoms with Crippen LogP contribution >= 0.6 is 0 Å². The molecule has 1 heterocycles. The molecule has 1 rings (SSSR count). The Morgan fingerprint density at radius 2 is 2.06 bits per heavy atom. The molecule has 1 aliphatic rings. The fourth-order valence-corrected chi connectivity index (χ4v) is 2.14. The van der Waals surface area contributed by atoms with Crippen LogP contribution in [0.1, 0.15) is 32.1 Å². The molecule has 2 N–H and O–H groups in total. The molecule has 6 nitrogen and oxygen atoms in total. The molecular formula is C11H20N2O4. The second-order valence-electron chi connectivity index (χ2n) is 4.33. The summed E-state index contributed by atoms with van der Waals surface area (Å²) in [6.07, 6.45) is 3.74. The number of ether oxygens (including phenoxy) is 1. The third-order valence-corrected chi connectivity index (χ3v) is 3.19. The zero-order chi connectivity index (χ0) is 12.7. The van der Waals surface area contributed by atoms with E-state index in [2.05, 4.69) is 4.74 Å². The first kappa shape index (κ1) is 13.8. The molecule has 0 aromatic carbocycles. The number of carbonyl (C=O) groups is 2. The molecule has 0 aliphatic carbocycles. The minimum atomic E-state index is -0.336. The molecule has 1 aliphatic heterocycles. The van der Waals surface area contributed by atoms with Gasteiger partial charge in [-0.2, -0.15) is 0 Å². The molecular weight excluding hydrogens is 224 g/mol. The Morgan fingerprint density at radius 1 is 1.41 bits per heavy atom. The van der Waals surface area contributed by atoms with E-state index in [9.17, 15) is 9.59 Å². The van der Waals surface area contributed by atoms with Crippen molar-refractivity contribution in [3.8, 4) is 0 Å². The molecule has 98 valence electrons. The molecule has 1 saturated heterocycles. The number of nitrogens with one attached hydrogen (secondary N) is 1. The largest absolute Gasteiger partial charge is 0.453 e. The third kappa shape index (κ3) is 4.60. The molecule has 17 heavy (non-hydrogen) atoms. The SMILES string of the molecule is COC(=O)N1CCC(CCCC(=O)NO)CC1. The molecule has 0 aromatic rings. The van der Waals surface area contributed by atoms with E-state index in [1.165, 1.54) is 7.11 Å². The van der Waals surface area contributed by atoms with Crippen molar-refractivity contribution in [1.29, 1.82) is 0 Å². The van der Waals surface area contributed by atoms with Gasteiger partial charge in [0.1, 0.15) is 0 Å². The number of likely N-dealkylation sites (tertiary alicyclic amines) is 1.